The molecule has 1 heterocycles. The number of nitrogens with one attached hydrogen (secondary N) is 1. The van der Waals surface area contributed by atoms with Crippen molar-refractivity contribution in [3.63, 3.8) is 0 Å². The van der Waals surface area contributed by atoms with E-state index in [-0.39, 0.29) is 18.6 Å². The van der Waals surface area contributed by atoms with Gasteiger partial charge in [-0.15, -0.1) is 0 Å². The highest BCUT2D eigenvalue weighted by molar-refractivity contribution is 5.78. The van der Waals surface area contributed by atoms with Gasteiger partial charge in [-0.2, -0.15) is 0 Å². The zero-order valence-corrected chi connectivity index (χ0v) is 18.3. The summed E-state index contributed by atoms with van der Waals surface area (Å²) in [5.41, 5.74) is 4.38. The van der Waals surface area contributed by atoms with Gasteiger partial charge >= 0.3 is 0 Å². The molecule has 0 saturated heterocycles. The summed E-state index contributed by atoms with van der Waals surface area (Å²) in [5, 5.41) is 2.96. The number of rotatable bonds is 10. The maximum atomic E-state index is 11.9. The van der Waals surface area contributed by atoms with Crippen LogP contribution >= 0.6 is 0 Å². The lowest BCUT2D eigenvalue weighted by molar-refractivity contribution is -0.125. The van der Waals surface area contributed by atoms with Crippen LogP contribution in [-0.2, 0) is 16.1 Å². The van der Waals surface area contributed by atoms with Crippen molar-refractivity contribution in [2.75, 3.05) is 20.3 Å². The van der Waals surface area contributed by atoms with Crippen molar-refractivity contribution < 1.29 is 14.3 Å². The number of nitrogens with zero attached hydrogens (tertiary/aromatic N) is 2. The molecule has 3 rings (SSSR count). The normalized spacial score (nSPS) is 12.1. The largest absolute Gasteiger partial charge is 0.493 e. The number of aryl methyl sites for hydroxylation is 3. The van der Waals surface area contributed by atoms with E-state index in [2.05, 4.69) is 48.0 Å². The molecular formula is C24H31N3O3. The van der Waals surface area contributed by atoms with Crippen LogP contribution < -0.4 is 10.1 Å². The van der Waals surface area contributed by atoms with Crippen molar-refractivity contribution in [2.45, 2.75) is 46.2 Å². The predicted molar refractivity (Wildman–Crippen MR) is 119 cm³/mol. The average Bonchev–Trinajstić information content (AvgIpc) is 3.09. The Morgan fingerprint density at radius 1 is 1.17 bits per heavy atom. The van der Waals surface area contributed by atoms with Gasteiger partial charge in [-0.1, -0.05) is 24.3 Å². The van der Waals surface area contributed by atoms with Crippen LogP contribution in [0.5, 0.6) is 5.75 Å². The Morgan fingerprint density at radius 3 is 2.77 bits per heavy atom. The van der Waals surface area contributed by atoms with Gasteiger partial charge in [0.25, 0.3) is 0 Å². The second-order valence-electron chi connectivity index (χ2n) is 7.66. The molecule has 160 valence electrons. The molecule has 0 bridgehead atoms. The van der Waals surface area contributed by atoms with Gasteiger partial charge < -0.3 is 19.4 Å². The van der Waals surface area contributed by atoms with Crippen LogP contribution in [0.1, 0.15) is 42.8 Å². The summed E-state index contributed by atoms with van der Waals surface area (Å²) in [6.07, 6.45) is 1.89. The lowest BCUT2D eigenvalue weighted by Crippen LogP contribution is -2.31. The first-order valence-corrected chi connectivity index (χ1v) is 10.4. The minimum Gasteiger partial charge on any atom is -0.493 e. The molecule has 1 unspecified atom stereocenters. The number of methoxy groups -OCH3 is 1. The highest BCUT2D eigenvalue weighted by atomic mass is 16.5. The molecule has 1 aromatic heterocycles. The van der Waals surface area contributed by atoms with Crippen molar-refractivity contribution >= 4 is 16.9 Å². The molecule has 0 spiro atoms. The quantitative estimate of drug-likeness (QED) is 0.506. The highest BCUT2D eigenvalue weighted by Crippen LogP contribution is 2.22. The molecule has 2 aromatic carbocycles. The van der Waals surface area contributed by atoms with Gasteiger partial charge in [0.2, 0.25) is 5.91 Å². The number of amides is 1. The SMILES string of the molecule is COCC(=O)NC(C)c1nc2ccccc2n1CCCCOc1cc(C)ccc1C. The standard InChI is InChI=1S/C24H31N3O3/c1-17-11-12-18(2)22(15-17)30-14-8-7-13-27-21-10-6-5-9-20(21)26-24(27)19(3)25-23(28)16-29-4/h5-6,9-12,15,19H,7-8,13-14,16H2,1-4H3,(H,25,28). The van der Waals surface area contributed by atoms with Crippen molar-refractivity contribution in [3.05, 3.63) is 59.4 Å². The Balaban J connectivity index is 1.64. The number of aromatic nitrogens is 2. The maximum Gasteiger partial charge on any atom is 0.246 e. The number of hydrogen-bond acceptors (Lipinski definition) is 4. The average molecular weight is 410 g/mol. The topological polar surface area (TPSA) is 65.4 Å². The molecule has 6 heteroatoms. The van der Waals surface area contributed by atoms with Gasteiger partial charge in [0, 0.05) is 13.7 Å². The van der Waals surface area contributed by atoms with Crippen LogP contribution in [0.4, 0.5) is 0 Å². The minimum atomic E-state index is -0.203. The summed E-state index contributed by atoms with van der Waals surface area (Å²) in [5.74, 6) is 1.67. The third-order valence-electron chi connectivity index (χ3n) is 5.10. The third kappa shape index (κ3) is 5.39. The maximum absolute atomic E-state index is 11.9. The Bertz CT molecular complexity index is 997. The molecule has 1 amide bonds. The minimum absolute atomic E-state index is 0.0419. The second kappa shape index (κ2) is 10.3. The summed E-state index contributed by atoms with van der Waals surface area (Å²) in [6.45, 7) is 7.63. The summed E-state index contributed by atoms with van der Waals surface area (Å²) in [4.78, 5) is 16.7. The molecule has 6 nitrogen and oxygen atoms in total. The summed E-state index contributed by atoms with van der Waals surface area (Å²) >= 11 is 0. The molecular weight excluding hydrogens is 378 g/mol. The molecule has 1 N–H and O–H groups in total. The second-order valence-corrected chi connectivity index (χ2v) is 7.66. The number of imidazole rings is 1. The summed E-state index contributed by atoms with van der Waals surface area (Å²) in [7, 11) is 1.51. The number of para-hydroxylation sites is 2. The number of carbonyl (C=O) groups is 1. The summed E-state index contributed by atoms with van der Waals surface area (Å²) < 4.78 is 13.1. The van der Waals surface area contributed by atoms with Crippen LogP contribution in [0.2, 0.25) is 0 Å². The number of unbranched alkanes of at least 4 members (excludes halogenated alkanes) is 1. The first kappa shape index (κ1) is 21.8. The fourth-order valence-corrected chi connectivity index (χ4v) is 3.56. The molecule has 0 saturated carbocycles. The van der Waals surface area contributed by atoms with E-state index < -0.39 is 0 Å². The van der Waals surface area contributed by atoms with E-state index in [1.54, 1.807) is 0 Å². The third-order valence-corrected chi connectivity index (χ3v) is 5.10. The van der Waals surface area contributed by atoms with Gasteiger partial charge in [0.05, 0.1) is 23.7 Å². The van der Waals surface area contributed by atoms with E-state index in [4.69, 9.17) is 14.5 Å². The van der Waals surface area contributed by atoms with E-state index in [1.807, 2.05) is 25.1 Å². The van der Waals surface area contributed by atoms with E-state index in [1.165, 1.54) is 12.7 Å². The predicted octanol–water partition coefficient (Wildman–Crippen LogP) is 4.34. The van der Waals surface area contributed by atoms with Crippen LogP contribution in [0.15, 0.2) is 42.5 Å². The fourth-order valence-electron chi connectivity index (χ4n) is 3.56. The van der Waals surface area contributed by atoms with E-state index >= 15 is 0 Å². The first-order valence-electron chi connectivity index (χ1n) is 10.4. The van der Waals surface area contributed by atoms with Crippen molar-refractivity contribution in [1.82, 2.24) is 14.9 Å². The Kier molecular flexibility index (Phi) is 7.46. The first-order chi connectivity index (χ1) is 14.5. The Hall–Kier alpha value is -2.86. The van der Waals surface area contributed by atoms with Crippen LogP contribution in [0.3, 0.4) is 0 Å². The number of benzene rings is 2. The number of fused-ring (bicyclic) bond motifs is 1. The highest BCUT2D eigenvalue weighted by Gasteiger charge is 2.18. The molecule has 30 heavy (non-hydrogen) atoms. The smallest absolute Gasteiger partial charge is 0.246 e. The molecule has 0 radical (unpaired) electrons. The zero-order valence-electron chi connectivity index (χ0n) is 18.3. The van der Waals surface area contributed by atoms with Crippen molar-refractivity contribution in [1.29, 1.82) is 0 Å². The number of ether oxygens (including phenoxy) is 2. The molecule has 0 aliphatic carbocycles. The zero-order chi connectivity index (χ0) is 21.5. The molecule has 0 aliphatic rings. The van der Waals surface area contributed by atoms with Crippen LogP contribution in [0.25, 0.3) is 11.0 Å². The van der Waals surface area contributed by atoms with Gasteiger partial charge in [-0.3, -0.25) is 4.79 Å². The van der Waals surface area contributed by atoms with Gasteiger partial charge in [0.1, 0.15) is 18.2 Å². The lowest BCUT2D eigenvalue weighted by Gasteiger charge is -2.16. The monoisotopic (exact) mass is 409 g/mol. The molecule has 1 atom stereocenters. The lowest BCUT2D eigenvalue weighted by atomic mass is 10.1. The van der Waals surface area contributed by atoms with Crippen LogP contribution in [0, 0.1) is 13.8 Å². The Morgan fingerprint density at radius 2 is 1.97 bits per heavy atom. The van der Waals surface area contributed by atoms with E-state index in [9.17, 15) is 4.79 Å². The van der Waals surface area contributed by atoms with E-state index in [0.717, 1.165) is 47.6 Å². The molecule has 3 aromatic rings. The van der Waals surface area contributed by atoms with Crippen molar-refractivity contribution in [2.24, 2.45) is 0 Å². The molecule has 0 fully saturated rings. The number of hydrogen-bond donors (Lipinski definition) is 1. The Labute approximate surface area is 178 Å². The van der Waals surface area contributed by atoms with Crippen molar-refractivity contribution in [3.8, 4) is 5.75 Å². The van der Waals surface area contributed by atoms with Gasteiger partial charge in [-0.05, 0) is 62.9 Å². The molecule has 0 aliphatic heterocycles. The number of carbonyl (C=O) groups excluding carboxylic acids is 1. The van der Waals surface area contributed by atoms with Gasteiger partial charge in [-0.25, -0.2) is 4.98 Å². The summed E-state index contributed by atoms with van der Waals surface area (Å²) in [6, 6.07) is 14.1. The fraction of sp³-hybridized carbons (Fsp3) is 0.417. The van der Waals surface area contributed by atoms with Crippen LogP contribution in [-0.4, -0.2) is 35.8 Å². The van der Waals surface area contributed by atoms with E-state index in [0.29, 0.717) is 6.61 Å². The van der Waals surface area contributed by atoms with Gasteiger partial charge in [0.15, 0.2) is 0 Å².